The van der Waals surface area contributed by atoms with E-state index in [9.17, 15) is 8.78 Å². The lowest BCUT2D eigenvalue weighted by molar-refractivity contribution is 0.323. The van der Waals surface area contributed by atoms with Crippen LogP contribution in [-0.2, 0) is 0 Å². The van der Waals surface area contributed by atoms with Gasteiger partial charge in [0, 0.05) is 0 Å². The molecule has 3 nitrogen and oxygen atoms in total. The zero-order valence-electron chi connectivity index (χ0n) is 7.58. The highest BCUT2D eigenvalue weighted by molar-refractivity contribution is 5.25. The molecule has 1 heterocycles. The Morgan fingerprint density at radius 1 is 1.29 bits per heavy atom. The number of nitrogens with zero attached hydrogens (tertiary/aromatic N) is 2. The highest BCUT2D eigenvalue weighted by Crippen LogP contribution is 2.24. The molecule has 1 aromatic heterocycles. The molecule has 5 heteroatoms. The Labute approximate surface area is 80.6 Å². The van der Waals surface area contributed by atoms with Crippen molar-refractivity contribution in [1.29, 1.82) is 0 Å². The molecule has 1 aromatic rings. The number of anilines is 1. The summed E-state index contributed by atoms with van der Waals surface area (Å²) in [5.74, 6) is -0.195. The Bertz CT molecular complexity index is 301. The van der Waals surface area contributed by atoms with Crippen LogP contribution in [0.3, 0.4) is 0 Å². The molecule has 1 N–H and O–H groups in total. The fourth-order valence-electron chi connectivity index (χ4n) is 1.63. The fraction of sp³-hybridized carbons (Fsp3) is 0.556. The Morgan fingerprint density at radius 3 is 2.57 bits per heavy atom. The minimum Gasteiger partial charge on any atom is -0.349 e. The van der Waals surface area contributed by atoms with Crippen molar-refractivity contribution >= 4 is 5.95 Å². The number of aromatic nitrogens is 2. The quantitative estimate of drug-likeness (QED) is 0.790. The summed E-state index contributed by atoms with van der Waals surface area (Å²) in [5, 5.41) is 2.85. The SMILES string of the molecule is Fc1cnc(NC2CCCC2F)nc1. The molecule has 0 aromatic carbocycles. The van der Waals surface area contributed by atoms with Gasteiger partial charge in [-0.3, -0.25) is 0 Å². The van der Waals surface area contributed by atoms with E-state index >= 15 is 0 Å². The Kier molecular flexibility index (Phi) is 2.56. The Morgan fingerprint density at radius 2 is 2.00 bits per heavy atom. The summed E-state index contributed by atoms with van der Waals surface area (Å²) in [7, 11) is 0. The highest BCUT2D eigenvalue weighted by Gasteiger charge is 2.27. The van der Waals surface area contributed by atoms with E-state index in [4.69, 9.17) is 0 Å². The molecule has 1 aliphatic carbocycles. The van der Waals surface area contributed by atoms with Gasteiger partial charge in [-0.1, -0.05) is 0 Å². The number of hydrogen-bond acceptors (Lipinski definition) is 3. The smallest absolute Gasteiger partial charge is 0.223 e. The number of hydrogen-bond donors (Lipinski definition) is 1. The van der Waals surface area contributed by atoms with Crippen LogP contribution in [0.25, 0.3) is 0 Å². The average molecular weight is 199 g/mol. The van der Waals surface area contributed by atoms with Gasteiger partial charge in [0.15, 0.2) is 5.82 Å². The van der Waals surface area contributed by atoms with Crippen molar-refractivity contribution in [3.05, 3.63) is 18.2 Å². The molecule has 1 fully saturated rings. The summed E-state index contributed by atoms with van der Waals surface area (Å²) in [6, 6.07) is -0.222. The molecule has 0 saturated heterocycles. The molecule has 76 valence electrons. The van der Waals surface area contributed by atoms with Crippen LogP contribution < -0.4 is 5.32 Å². The van der Waals surface area contributed by atoms with Gasteiger partial charge < -0.3 is 5.32 Å². The summed E-state index contributed by atoms with van der Waals surface area (Å²) >= 11 is 0. The van der Waals surface area contributed by atoms with E-state index in [1.165, 1.54) is 0 Å². The maximum Gasteiger partial charge on any atom is 0.223 e. The van der Waals surface area contributed by atoms with Crippen molar-refractivity contribution in [3.63, 3.8) is 0 Å². The van der Waals surface area contributed by atoms with Crippen molar-refractivity contribution in [2.45, 2.75) is 31.5 Å². The Hall–Kier alpha value is -1.26. The highest BCUT2D eigenvalue weighted by atomic mass is 19.1. The van der Waals surface area contributed by atoms with E-state index in [-0.39, 0.29) is 6.04 Å². The third-order valence-corrected chi connectivity index (χ3v) is 2.37. The van der Waals surface area contributed by atoms with E-state index in [1.807, 2.05) is 0 Å². The van der Waals surface area contributed by atoms with Gasteiger partial charge in [0.05, 0.1) is 18.4 Å². The molecule has 2 atom stereocenters. The number of halogens is 2. The van der Waals surface area contributed by atoms with Crippen molar-refractivity contribution in [3.8, 4) is 0 Å². The number of rotatable bonds is 2. The van der Waals surface area contributed by atoms with Crippen LogP contribution in [0.15, 0.2) is 12.4 Å². The molecule has 0 aliphatic heterocycles. The summed E-state index contributed by atoms with van der Waals surface area (Å²) in [6.07, 6.45) is 3.53. The molecule has 1 aliphatic rings. The van der Waals surface area contributed by atoms with E-state index in [0.29, 0.717) is 12.4 Å². The van der Waals surface area contributed by atoms with Gasteiger partial charge in [0.2, 0.25) is 5.95 Å². The molecular formula is C9H11F2N3. The second-order valence-electron chi connectivity index (χ2n) is 3.42. The third-order valence-electron chi connectivity index (χ3n) is 2.37. The lowest BCUT2D eigenvalue weighted by Crippen LogP contribution is -2.25. The van der Waals surface area contributed by atoms with E-state index < -0.39 is 12.0 Å². The van der Waals surface area contributed by atoms with Crippen LogP contribution in [0.4, 0.5) is 14.7 Å². The van der Waals surface area contributed by atoms with E-state index in [0.717, 1.165) is 25.2 Å². The predicted octanol–water partition coefficient (Wildman–Crippen LogP) is 1.92. The number of alkyl halides is 1. The first-order valence-electron chi connectivity index (χ1n) is 4.64. The molecule has 0 amide bonds. The summed E-state index contributed by atoms with van der Waals surface area (Å²) in [5.41, 5.74) is 0. The minimum absolute atomic E-state index is 0.222. The van der Waals surface area contributed by atoms with Crippen LogP contribution in [0.2, 0.25) is 0 Å². The number of nitrogens with one attached hydrogen (secondary N) is 1. The van der Waals surface area contributed by atoms with Crippen LogP contribution in [0.1, 0.15) is 19.3 Å². The first-order chi connectivity index (χ1) is 6.75. The molecule has 0 bridgehead atoms. The standard InChI is InChI=1S/C9H11F2N3/c10-6-4-12-9(13-5-6)14-8-3-1-2-7(8)11/h4-5,7-8H,1-3H2,(H,12,13,14). The molecule has 14 heavy (non-hydrogen) atoms. The maximum absolute atomic E-state index is 13.2. The van der Waals surface area contributed by atoms with Gasteiger partial charge >= 0.3 is 0 Å². The van der Waals surface area contributed by atoms with Crippen LogP contribution >= 0.6 is 0 Å². The monoisotopic (exact) mass is 199 g/mol. The lowest BCUT2D eigenvalue weighted by atomic mass is 10.2. The lowest BCUT2D eigenvalue weighted by Gasteiger charge is -2.13. The average Bonchev–Trinajstić information content (AvgIpc) is 2.56. The molecule has 0 radical (unpaired) electrons. The van der Waals surface area contributed by atoms with Crippen LogP contribution in [-0.4, -0.2) is 22.2 Å². The van der Waals surface area contributed by atoms with Crippen LogP contribution in [0, 0.1) is 5.82 Å². The van der Waals surface area contributed by atoms with Crippen molar-refractivity contribution in [2.75, 3.05) is 5.32 Å². The maximum atomic E-state index is 13.2. The van der Waals surface area contributed by atoms with Gasteiger partial charge in [0.25, 0.3) is 0 Å². The van der Waals surface area contributed by atoms with Crippen molar-refractivity contribution < 1.29 is 8.78 Å². The van der Waals surface area contributed by atoms with Gasteiger partial charge in [-0.05, 0) is 19.3 Å². The largest absolute Gasteiger partial charge is 0.349 e. The van der Waals surface area contributed by atoms with Crippen LogP contribution in [0.5, 0.6) is 0 Å². The normalized spacial score (nSPS) is 26.4. The van der Waals surface area contributed by atoms with Gasteiger partial charge in [-0.25, -0.2) is 18.7 Å². The second kappa shape index (κ2) is 3.86. The van der Waals surface area contributed by atoms with Gasteiger partial charge in [-0.15, -0.1) is 0 Å². The molecule has 1 saturated carbocycles. The van der Waals surface area contributed by atoms with Gasteiger partial charge in [-0.2, -0.15) is 0 Å². The van der Waals surface area contributed by atoms with E-state index in [1.54, 1.807) is 0 Å². The molecule has 0 spiro atoms. The topological polar surface area (TPSA) is 37.8 Å². The predicted molar refractivity (Wildman–Crippen MR) is 48.1 cm³/mol. The minimum atomic E-state index is -0.844. The fourth-order valence-corrected chi connectivity index (χ4v) is 1.63. The third kappa shape index (κ3) is 1.97. The first kappa shape index (κ1) is 9.30. The summed E-state index contributed by atoms with van der Waals surface area (Å²) < 4.78 is 25.6. The van der Waals surface area contributed by atoms with E-state index in [2.05, 4.69) is 15.3 Å². The molecular weight excluding hydrogens is 188 g/mol. The molecule has 2 rings (SSSR count). The van der Waals surface area contributed by atoms with Crippen molar-refractivity contribution in [2.24, 2.45) is 0 Å². The van der Waals surface area contributed by atoms with Gasteiger partial charge in [0.1, 0.15) is 6.17 Å². The molecule has 2 unspecified atom stereocenters. The summed E-state index contributed by atoms with van der Waals surface area (Å²) in [6.45, 7) is 0. The van der Waals surface area contributed by atoms with Crippen molar-refractivity contribution in [1.82, 2.24) is 9.97 Å². The first-order valence-corrected chi connectivity index (χ1v) is 4.64. The second-order valence-corrected chi connectivity index (χ2v) is 3.42. The summed E-state index contributed by atoms with van der Waals surface area (Å²) in [4.78, 5) is 7.42. The zero-order chi connectivity index (χ0) is 9.97. The zero-order valence-corrected chi connectivity index (χ0v) is 7.58. The Balaban J connectivity index is 2.00.